The molecule has 3 rings (SSSR count). The SMILES string of the molecule is CC(C)(C)C(O)C[n+]1c(N)n(CCN2CCCCC2)c2ccccc21. The molecule has 1 aromatic heterocycles. The van der Waals surface area contributed by atoms with Crippen molar-refractivity contribution >= 4 is 17.0 Å². The van der Waals surface area contributed by atoms with Crippen LogP contribution in [0.25, 0.3) is 11.0 Å². The maximum Gasteiger partial charge on any atom is 0.356 e. The van der Waals surface area contributed by atoms with Gasteiger partial charge in [-0.3, -0.25) is 5.73 Å². The van der Waals surface area contributed by atoms with Crippen molar-refractivity contribution in [3.05, 3.63) is 24.3 Å². The number of hydrogen-bond acceptors (Lipinski definition) is 3. The highest BCUT2D eigenvalue weighted by Crippen LogP contribution is 2.22. The van der Waals surface area contributed by atoms with Crippen molar-refractivity contribution in [2.45, 2.75) is 59.2 Å². The molecule has 25 heavy (non-hydrogen) atoms. The monoisotopic (exact) mass is 345 g/mol. The molecule has 1 unspecified atom stereocenters. The Kier molecular flexibility index (Phi) is 5.35. The summed E-state index contributed by atoms with van der Waals surface area (Å²) >= 11 is 0. The van der Waals surface area contributed by atoms with E-state index in [1.165, 1.54) is 32.4 Å². The zero-order valence-corrected chi connectivity index (χ0v) is 15.9. The molecule has 0 bridgehead atoms. The second kappa shape index (κ2) is 7.34. The molecular weight excluding hydrogens is 312 g/mol. The Morgan fingerprint density at radius 3 is 2.48 bits per heavy atom. The minimum Gasteiger partial charge on any atom is -0.389 e. The summed E-state index contributed by atoms with van der Waals surface area (Å²) in [7, 11) is 0. The van der Waals surface area contributed by atoms with Gasteiger partial charge >= 0.3 is 5.95 Å². The van der Waals surface area contributed by atoms with Crippen LogP contribution in [0.15, 0.2) is 24.3 Å². The van der Waals surface area contributed by atoms with Crippen LogP contribution in [0.5, 0.6) is 0 Å². The number of aliphatic hydroxyl groups excluding tert-OH is 1. The Morgan fingerprint density at radius 1 is 1.12 bits per heavy atom. The number of piperidine rings is 1. The molecular formula is C20H33N4O+. The quantitative estimate of drug-likeness (QED) is 0.818. The molecule has 1 aliphatic rings. The standard InChI is InChI=1S/C20H32N4O/c1-20(2,3)18(25)15-24-17-10-6-5-9-16(17)23(19(24)21)14-13-22-11-7-4-8-12-22/h5-6,9-10,18,21,25H,4,7-8,11-15H2,1-3H3/p+1. The predicted molar refractivity (Wildman–Crippen MR) is 102 cm³/mol. The van der Waals surface area contributed by atoms with Crippen LogP contribution in [0.2, 0.25) is 0 Å². The normalized spacial score (nSPS) is 17.9. The first-order valence-corrected chi connectivity index (χ1v) is 9.55. The number of imidazole rings is 1. The van der Waals surface area contributed by atoms with Crippen LogP contribution in [0.3, 0.4) is 0 Å². The minimum atomic E-state index is -0.443. The minimum absolute atomic E-state index is 0.170. The Labute approximate surface area is 151 Å². The highest BCUT2D eigenvalue weighted by Gasteiger charge is 2.28. The van der Waals surface area contributed by atoms with Gasteiger partial charge in [-0.1, -0.05) is 39.3 Å². The first-order valence-electron chi connectivity index (χ1n) is 9.55. The topological polar surface area (TPSA) is 58.3 Å². The number of benzene rings is 1. The number of likely N-dealkylation sites (tertiary alicyclic amines) is 1. The van der Waals surface area contributed by atoms with Gasteiger partial charge in [0.15, 0.2) is 0 Å². The fourth-order valence-electron chi connectivity index (χ4n) is 3.61. The van der Waals surface area contributed by atoms with Crippen molar-refractivity contribution in [3.63, 3.8) is 0 Å². The van der Waals surface area contributed by atoms with E-state index in [-0.39, 0.29) is 5.41 Å². The summed E-state index contributed by atoms with van der Waals surface area (Å²) in [5, 5.41) is 10.6. The maximum atomic E-state index is 10.6. The number of nitrogens with zero attached hydrogens (tertiary/aromatic N) is 3. The van der Waals surface area contributed by atoms with Crippen LogP contribution in [-0.4, -0.2) is 40.3 Å². The van der Waals surface area contributed by atoms with Gasteiger partial charge in [-0.25, -0.2) is 9.13 Å². The third-order valence-corrected chi connectivity index (χ3v) is 5.46. The molecule has 1 atom stereocenters. The van der Waals surface area contributed by atoms with E-state index in [4.69, 9.17) is 5.73 Å². The van der Waals surface area contributed by atoms with E-state index >= 15 is 0 Å². The third-order valence-electron chi connectivity index (χ3n) is 5.46. The van der Waals surface area contributed by atoms with Gasteiger partial charge in [0.05, 0.1) is 19.2 Å². The fraction of sp³-hybridized carbons (Fsp3) is 0.650. The smallest absolute Gasteiger partial charge is 0.356 e. The first-order chi connectivity index (χ1) is 11.9. The highest BCUT2D eigenvalue weighted by molar-refractivity contribution is 5.73. The van der Waals surface area contributed by atoms with Gasteiger partial charge < -0.3 is 10.0 Å². The van der Waals surface area contributed by atoms with Crippen LogP contribution in [0.4, 0.5) is 5.95 Å². The summed E-state index contributed by atoms with van der Waals surface area (Å²) in [6.45, 7) is 11.0. The second-order valence-corrected chi connectivity index (χ2v) is 8.39. The summed E-state index contributed by atoms with van der Waals surface area (Å²) in [5.41, 5.74) is 8.60. The molecule has 1 aliphatic heterocycles. The molecule has 5 nitrogen and oxygen atoms in total. The van der Waals surface area contributed by atoms with Gasteiger partial charge in [0.25, 0.3) is 0 Å². The molecule has 1 aromatic carbocycles. The average Bonchev–Trinajstić information content (AvgIpc) is 2.85. The number of rotatable bonds is 5. The molecule has 1 saturated heterocycles. The lowest BCUT2D eigenvalue weighted by molar-refractivity contribution is -0.667. The maximum absolute atomic E-state index is 10.6. The number of nitrogen functional groups attached to an aromatic ring is 1. The molecule has 2 aromatic rings. The van der Waals surface area contributed by atoms with Crippen molar-refractivity contribution in [1.82, 2.24) is 9.47 Å². The van der Waals surface area contributed by atoms with E-state index in [0.717, 1.165) is 30.1 Å². The van der Waals surface area contributed by atoms with Crippen LogP contribution in [0.1, 0.15) is 40.0 Å². The summed E-state index contributed by atoms with van der Waals surface area (Å²) in [6, 6.07) is 8.32. The summed E-state index contributed by atoms with van der Waals surface area (Å²) < 4.78 is 4.28. The van der Waals surface area contributed by atoms with Gasteiger partial charge in [-0.15, -0.1) is 0 Å². The Bertz CT molecular complexity index is 710. The first kappa shape index (κ1) is 18.2. The van der Waals surface area contributed by atoms with Crippen molar-refractivity contribution in [2.75, 3.05) is 25.4 Å². The van der Waals surface area contributed by atoms with E-state index in [1.54, 1.807) is 0 Å². The molecule has 138 valence electrons. The molecule has 0 spiro atoms. The third kappa shape index (κ3) is 3.98. The van der Waals surface area contributed by atoms with Crippen molar-refractivity contribution in [1.29, 1.82) is 0 Å². The lowest BCUT2D eigenvalue weighted by Crippen LogP contribution is -2.46. The molecule has 2 heterocycles. The molecule has 5 heteroatoms. The van der Waals surface area contributed by atoms with Crippen molar-refractivity contribution in [2.24, 2.45) is 5.41 Å². The van der Waals surface area contributed by atoms with Gasteiger partial charge in [0.1, 0.15) is 11.0 Å². The number of hydrogen-bond donors (Lipinski definition) is 2. The van der Waals surface area contributed by atoms with Gasteiger partial charge in [0.2, 0.25) is 0 Å². The number of aromatic nitrogens is 2. The van der Waals surface area contributed by atoms with Crippen LogP contribution in [0, 0.1) is 5.41 Å². The lowest BCUT2D eigenvalue weighted by atomic mass is 9.89. The van der Waals surface area contributed by atoms with Gasteiger partial charge in [0, 0.05) is 6.54 Å². The number of anilines is 1. The molecule has 0 saturated carbocycles. The van der Waals surface area contributed by atoms with E-state index < -0.39 is 6.10 Å². The number of aliphatic hydroxyl groups is 1. The summed E-state index contributed by atoms with van der Waals surface area (Å²) in [5.74, 6) is 0.738. The number of fused-ring (bicyclic) bond motifs is 1. The average molecular weight is 346 g/mol. The lowest BCUT2D eigenvalue weighted by Gasteiger charge is -2.26. The highest BCUT2D eigenvalue weighted by atomic mass is 16.3. The zero-order valence-electron chi connectivity index (χ0n) is 15.9. The second-order valence-electron chi connectivity index (χ2n) is 8.39. The van der Waals surface area contributed by atoms with Gasteiger partial charge in [-0.2, -0.15) is 0 Å². The Morgan fingerprint density at radius 2 is 1.80 bits per heavy atom. The molecule has 3 N–H and O–H groups in total. The molecule has 0 amide bonds. The van der Waals surface area contributed by atoms with E-state index in [1.807, 2.05) is 6.07 Å². The van der Waals surface area contributed by atoms with Gasteiger partial charge in [-0.05, 0) is 43.5 Å². The van der Waals surface area contributed by atoms with Crippen molar-refractivity contribution in [3.8, 4) is 0 Å². The Hall–Kier alpha value is -1.59. The molecule has 1 fully saturated rings. The number of nitrogens with two attached hydrogens (primary N) is 1. The van der Waals surface area contributed by atoms with E-state index in [0.29, 0.717) is 6.54 Å². The Balaban J connectivity index is 1.86. The largest absolute Gasteiger partial charge is 0.389 e. The van der Waals surface area contributed by atoms with Crippen LogP contribution >= 0.6 is 0 Å². The van der Waals surface area contributed by atoms with E-state index in [2.05, 4.69) is 53.0 Å². The summed E-state index contributed by atoms with van der Waals surface area (Å²) in [4.78, 5) is 2.53. The van der Waals surface area contributed by atoms with E-state index in [9.17, 15) is 5.11 Å². The van der Waals surface area contributed by atoms with Crippen LogP contribution < -0.4 is 10.3 Å². The number of para-hydroxylation sites is 2. The molecule has 0 radical (unpaired) electrons. The summed E-state index contributed by atoms with van der Waals surface area (Å²) in [6.07, 6.45) is 3.52. The molecule has 0 aliphatic carbocycles. The zero-order chi connectivity index (χ0) is 18.0. The fourth-order valence-corrected chi connectivity index (χ4v) is 3.61. The predicted octanol–water partition coefficient (Wildman–Crippen LogP) is 2.40. The van der Waals surface area contributed by atoms with Crippen molar-refractivity contribution < 1.29 is 9.67 Å². The van der Waals surface area contributed by atoms with Crippen LogP contribution in [-0.2, 0) is 13.1 Å².